The van der Waals surface area contributed by atoms with Gasteiger partial charge < -0.3 is 10.6 Å². The van der Waals surface area contributed by atoms with Gasteiger partial charge in [-0.1, -0.05) is 38.1 Å². The molecular weight excluding hydrogens is 208 g/mol. The van der Waals surface area contributed by atoms with E-state index in [1.165, 1.54) is 12.0 Å². The molecule has 2 rings (SSSR count). The van der Waals surface area contributed by atoms with E-state index in [4.69, 9.17) is 0 Å². The fourth-order valence-corrected chi connectivity index (χ4v) is 2.37. The van der Waals surface area contributed by atoms with Crippen molar-refractivity contribution in [3.63, 3.8) is 0 Å². The fourth-order valence-electron chi connectivity index (χ4n) is 2.37. The maximum Gasteiger partial charge on any atom is 0.0164 e. The molecule has 2 N–H and O–H groups in total. The van der Waals surface area contributed by atoms with Gasteiger partial charge in [0.2, 0.25) is 0 Å². The zero-order valence-electron chi connectivity index (χ0n) is 11.2. The molecule has 0 saturated carbocycles. The van der Waals surface area contributed by atoms with Gasteiger partial charge in [0.25, 0.3) is 0 Å². The van der Waals surface area contributed by atoms with Crippen molar-refractivity contribution in [2.45, 2.75) is 45.2 Å². The molecule has 1 aromatic carbocycles. The highest BCUT2D eigenvalue weighted by Gasteiger charge is 2.25. The molecular formula is C15H24N2. The Hall–Kier alpha value is -0.860. The van der Waals surface area contributed by atoms with E-state index in [1.54, 1.807) is 5.56 Å². The fraction of sp³-hybridized carbons (Fsp3) is 0.600. The minimum atomic E-state index is 0.546. The van der Waals surface area contributed by atoms with Crippen LogP contribution in [-0.4, -0.2) is 25.2 Å². The van der Waals surface area contributed by atoms with Crippen LogP contribution in [0.2, 0.25) is 0 Å². The average molecular weight is 232 g/mol. The second kappa shape index (κ2) is 5.65. The molecule has 1 aliphatic rings. The highest BCUT2D eigenvalue weighted by Crippen LogP contribution is 2.33. The first-order chi connectivity index (χ1) is 8.16. The van der Waals surface area contributed by atoms with Gasteiger partial charge in [-0.2, -0.15) is 0 Å². The SMILES string of the molecule is CC(C)NCC(C)NCC1Cc2ccccc21. The van der Waals surface area contributed by atoms with Gasteiger partial charge in [0.15, 0.2) is 0 Å². The van der Waals surface area contributed by atoms with Crippen LogP contribution in [0.3, 0.4) is 0 Å². The lowest BCUT2D eigenvalue weighted by Crippen LogP contribution is -2.41. The van der Waals surface area contributed by atoms with E-state index < -0.39 is 0 Å². The third-order valence-corrected chi connectivity index (χ3v) is 3.51. The molecule has 1 aromatic rings. The highest BCUT2D eigenvalue weighted by atomic mass is 15.0. The second-order valence-electron chi connectivity index (χ2n) is 5.47. The maximum atomic E-state index is 3.62. The third-order valence-electron chi connectivity index (χ3n) is 3.51. The molecule has 0 fully saturated rings. The largest absolute Gasteiger partial charge is 0.313 e. The number of hydrogen-bond donors (Lipinski definition) is 2. The van der Waals surface area contributed by atoms with Crippen LogP contribution in [0, 0.1) is 0 Å². The van der Waals surface area contributed by atoms with Crippen molar-refractivity contribution in [2.75, 3.05) is 13.1 Å². The van der Waals surface area contributed by atoms with Crippen LogP contribution >= 0.6 is 0 Å². The molecule has 0 saturated heterocycles. The zero-order chi connectivity index (χ0) is 12.3. The predicted molar refractivity (Wildman–Crippen MR) is 73.5 cm³/mol. The molecule has 0 aromatic heterocycles. The number of rotatable bonds is 6. The quantitative estimate of drug-likeness (QED) is 0.786. The number of nitrogens with one attached hydrogen (secondary N) is 2. The van der Waals surface area contributed by atoms with Crippen LogP contribution < -0.4 is 10.6 Å². The Morgan fingerprint density at radius 2 is 1.94 bits per heavy atom. The van der Waals surface area contributed by atoms with E-state index in [0.717, 1.165) is 19.0 Å². The lowest BCUT2D eigenvalue weighted by atomic mass is 9.77. The molecule has 17 heavy (non-hydrogen) atoms. The standard InChI is InChI=1S/C15H24N2/c1-11(2)16-9-12(3)17-10-14-8-13-6-4-5-7-15(13)14/h4-7,11-12,14,16-17H,8-10H2,1-3H3. The topological polar surface area (TPSA) is 24.1 Å². The lowest BCUT2D eigenvalue weighted by Gasteiger charge is -2.31. The summed E-state index contributed by atoms with van der Waals surface area (Å²) in [4.78, 5) is 0. The van der Waals surface area contributed by atoms with E-state index >= 15 is 0 Å². The van der Waals surface area contributed by atoms with Crippen LogP contribution in [0.1, 0.15) is 37.8 Å². The Balaban J connectivity index is 1.70. The van der Waals surface area contributed by atoms with Crippen LogP contribution in [0.25, 0.3) is 0 Å². The van der Waals surface area contributed by atoms with Gasteiger partial charge in [-0.25, -0.2) is 0 Å². The molecule has 2 heteroatoms. The summed E-state index contributed by atoms with van der Waals surface area (Å²) in [5, 5.41) is 7.08. The van der Waals surface area contributed by atoms with Crippen LogP contribution in [0.5, 0.6) is 0 Å². The van der Waals surface area contributed by atoms with Gasteiger partial charge in [-0.15, -0.1) is 0 Å². The first-order valence-electron chi connectivity index (χ1n) is 6.71. The molecule has 0 radical (unpaired) electrons. The number of benzene rings is 1. The van der Waals surface area contributed by atoms with E-state index in [2.05, 4.69) is 55.7 Å². The summed E-state index contributed by atoms with van der Waals surface area (Å²) >= 11 is 0. The Labute approximate surface area is 105 Å². The molecule has 94 valence electrons. The normalized spacial score (nSPS) is 19.9. The van der Waals surface area contributed by atoms with E-state index in [9.17, 15) is 0 Å². The molecule has 1 aliphatic carbocycles. The van der Waals surface area contributed by atoms with Crippen molar-refractivity contribution in [3.8, 4) is 0 Å². The summed E-state index contributed by atoms with van der Waals surface area (Å²) in [6.07, 6.45) is 1.24. The van der Waals surface area contributed by atoms with Crippen LogP contribution in [0.15, 0.2) is 24.3 Å². The van der Waals surface area contributed by atoms with Crippen LogP contribution in [0.4, 0.5) is 0 Å². The van der Waals surface area contributed by atoms with Crippen molar-refractivity contribution in [2.24, 2.45) is 0 Å². The summed E-state index contributed by atoms with van der Waals surface area (Å²) in [7, 11) is 0. The van der Waals surface area contributed by atoms with Gasteiger partial charge in [0.1, 0.15) is 0 Å². The number of hydrogen-bond acceptors (Lipinski definition) is 2. The van der Waals surface area contributed by atoms with Gasteiger partial charge in [-0.05, 0) is 24.5 Å². The minimum absolute atomic E-state index is 0.546. The summed E-state index contributed by atoms with van der Waals surface area (Å²) < 4.78 is 0. The summed E-state index contributed by atoms with van der Waals surface area (Å²) in [6.45, 7) is 8.79. The van der Waals surface area contributed by atoms with Crippen LogP contribution in [-0.2, 0) is 6.42 Å². The van der Waals surface area contributed by atoms with E-state index in [-0.39, 0.29) is 0 Å². The molecule has 0 spiro atoms. The summed E-state index contributed by atoms with van der Waals surface area (Å²) in [5.41, 5.74) is 3.08. The Bertz CT molecular complexity index is 360. The molecule has 2 nitrogen and oxygen atoms in total. The van der Waals surface area contributed by atoms with Crippen molar-refractivity contribution < 1.29 is 0 Å². The molecule has 2 atom stereocenters. The van der Waals surface area contributed by atoms with Crippen molar-refractivity contribution >= 4 is 0 Å². The van der Waals surface area contributed by atoms with Crippen molar-refractivity contribution in [3.05, 3.63) is 35.4 Å². The molecule has 0 aliphatic heterocycles. The van der Waals surface area contributed by atoms with Crippen molar-refractivity contribution in [1.29, 1.82) is 0 Å². The van der Waals surface area contributed by atoms with Gasteiger partial charge in [-0.3, -0.25) is 0 Å². The number of fused-ring (bicyclic) bond motifs is 1. The molecule has 0 bridgehead atoms. The van der Waals surface area contributed by atoms with Gasteiger partial charge >= 0.3 is 0 Å². The Morgan fingerprint density at radius 3 is 2.65 bits per heavy atom. The third kappa shape index (κ3) is 3.30. The molecule has 0 heterocycles. The summed E-state index contributed by atoms with van der Waals surface area (Å²) in [5.74, 6) is 0.729. The monoisotopic (exact) mass is 232 g/mol. The first kappa shape index (κ1) is 12.6. The predicted octanol–water partition coefficient (Wildman–Crippen LogP) is 2.30. The van der Waals surface area contributed by atoms with Gasteiger partial charge in [0.05, 0.1) is 0 Å². The Kier molecular flexibility index (Phi) is 4.19. The maximum absolute atomic E-state index is 3.62. The lowest BCUT2D eigenvalue weighted by molar-refractivity contribution is 0.442. The molecule has 0 amide bonds. The van der Waals surface area contributed by atoms with Crippen molar-refractivity contribution in [1.82, 2.24) is 10.6 Å². The Morgan fingerprint density at radius 1 is 1.18 bits per heavy atom. The molecule has 2 unspecified atom stereocenters. The smallest absolute Gasteiger partial charge is 0.0164 e. The minimum Gasteiger partial charge on any atom is -0.313 e. The summed E-state index contributed by atoms with van der Waals surface area (Å²) in [6, 6.07) is 9.92. The van der Waals surface area contributed by atoms with Gasteiger partial charge in [0, 0.05) is 31.1 Å². The van der Waals surface area contributed by atoms with E-state index in [0.29, 0.717) is 12.1 Å². The van der Waals surface area contributed by atoms with E-state index in [1.807, 2.05) is 0 Å². The zero-order valence-corrected chi connectivity index (χ0v) is 11.2. The highest BCUT2D eigenvalue weighted by molar-refractivity contribution is 5.40. The average Bonchev–Trinajstić information content (AvgIpc) is 2.27. The first-order valence-corrected chi connectivity index (χ1v) is 6.71. The second-order valence-corrected chi connectivity index (χ2v) is 5.47.